The minimum absolute atomic E-state index is 0.0463. The van der Waals surface area contributed by atoms with Crippen molar-refractivity contribution < 1.29 is 64.1 Å². The van der Waals surface area contributed by atoms with Gasteiger partial charge in [-0.25, -0.2) is 0 Å². The maximum absolute atomic E-state index is 12.6. The average Bonchev–Trinajstić information content (AvgIpc) is 3.19. The second-order valence-electron chi connectivity index (χ2n) is 13.0. The zero-order chi connectivity index (χ0) is 44.0. The largest absolute Gasteiger partial charge is 0.506 e. The van der Waals surface area contributed by atoms with Gasteiger partial charge in [0.05, 0.1) is 4.90 Å². The Morgan fingerprint density at radius 2 is 1.03 bits per heavy atom. The fraction of sp³-hybridized carbons (Fsp3) is 0. The quantitative estimate of drug-likeness (QED) is 0.0473. The van der Waals surface area contributed by atoms with Crippen molar-refractivity contribution in [3.63, 3.8) is 0 Å². The van der Waals surface area contributed by atoms with Crippen LogP contribution >= 0.6 is 0 Å². The molecule has 7 aromatic carbocycles. The van der Waals surface area contributed by atoms with Crippen LogP contribution in [0.1, 0.15) is 10.4 Å². The van der Waals surface area contributed by atoms with Crippen molar-refractivity contribution in [2.24, 2.45) is 20.5 Å². The SMILES string of the molecule is O=C(Nc1ccc2c(O)c(N=Nc3ccc(-c4ccc(N=Nc5c(O)c(S(=O)(=O)O)cc6cc(S(=O)(=O)O)ccc56)c(O)c4)cc3O)c(S(=O)(=O)O)cc2c1)c1ccccc1. The van der Waals surface area contributed by atoms with Gasteiger partial charge in [0.25, 0.3) is 36.3 Å². The number of hydrogen-bond donors (Lipinski definition) is 8. The maximum atomic E-state index is 12.6. The molecular weight excluding hydrogens is 859 g/mol. The van der Waals surface area contributed by atoms with Crippen LogP contribution in [0.25, 0.3) is 32.7 Å². The maximum Gasteiger partial charge on any atom is 0.298 e. The highest BCUT2D eigenvalue weighted by Crippen LogP contribution is 2.45. The third-order valence-electron chi connectivity index (χ3n) is 9.02. The first-order valence-electron chi connectivity index (χ1n) is 17.1. The van der Waals surface area contributed by atoms with Crippen molar-refractivity contribution in [2.45, 2.75) is 14.7 Å². The Morgan fingerprint density at radius 3 is 1.59 bits per heavy atom. The number of rotatable bonds is 10. The standard InChI is InChI=1S/C39H27N5O14S3/c45-31-16-21(6-12-29(31)41-43-35-27-11-9-26(59(50,51)52)15-24(27)19-34(38(35)48)61(56,57)58)22-7-13-30(32(46)17-22)42-44-36-33(60(53,54)55)18-23-14-25(8-10-28(23)37(36)47)40-39(49)20-4-2-1-3-5-20/h1-19,45-48H,(H,40,49)(H,50,51,52)(H,53,54,55)(H,56,57,58). The number of carbonyl (C=O) groups is 1. The second-order valence-corrected chi connectivity index (χ2v) is 17.2. The van der Waals surface area contributed by atoms with E-state index in [9.17, 15) is 64.1 Å². The van der Waals surface area contributed by atoms with Crippen molar-refractivity contribution in [1.29, 1.82) is 0 Å². The summed E-state index contributed by atoms with van der Waals surface area (Å²) in [5.41, 5.74) is -0.386. The number of phenolic OH excluding ortho intramolecular Hbond substituents is 4. The molecule has 0 heterocycles. The number of benzene rings is 7. The van der Waals surface area contributed by atoms with E-state index in [1.165, 1.54) is 54.6 Å². The van der Waals surface area contributed by atoms with Crippen LogP contribution in [0.5, 0.6) is 23.0 Å². The molecule has 0 atom stereocenters. The summed E-state index contributed by atoms with van der Waals surface area (Å²) in [7, 11) is -14.8. The van der Waals surface area contributed by atoms with Crippen molar-refractivity contribution in [2.75, 3.05) is 5.32 Å². The fourth-order valence-corrected chi connectivity index (χ4v) is 7.88. The number of carbonyl (C=O) groups excluding carboxylic acids is 1. The fourth-order valence-electron chi connectivity index (χ4n) is 6.09. The molecule has 0 aromatic heterocycles. The summed E-state index contributed by atoms with van der Waals surface area (Å²) >= 11 is 0. The number of aromatic hydroxyl groups is 4. The van der Waals surface area contributed by atoms with Crippen LogP contribution in [-0.2, 0) is 30.4 Å². The molecule has 0 saturated carbocycles. The lowest BCUT2D eigenvalue weighted by Gasteiger charge is -2.11. The number of fused-ring (bicyclic) bond motifs is 2. The zero-order valence-electron chi connectivity index (χ0n) is 30.5. The monoisotopic (exact) mass is 885 g/mol. The molecule has 0 aliphatic carbocycles. The summed E-state index contributed by atoms with van der Waals surface area (Å²) in [4.78, 5) is 10.2. The Kier molecular flexibility index (Phi) is 10.7. The van der Waals surface area contributed by atoms with Crippen LogP contribution in [-0.4, -0.2) is 65.2 Å². The molecule has 0 aliphatic rings. The number of nitrogens with one attached hydrogen (secondary N) is 1. The molecule has 310 valence electrons. The molecule has 1 amide bonds. The normalized spacial score (nSPS) is 12.4. The van der Waals surface area contributed by atoms with Gasteiger partial charge in [-0.05, 0) is 101 Å². The van der Waals surface area contributed by atoms with E-state index in [1.54, 1.807) is 30.3 Å². The third-order valence-corrected chi connectivity index (χ3v) is 11.6. The van der Waals surface area contributed by atoms with Gasteiger partial charge in [-0.15, -0.1) is 20.5 Å². The highest BCUT2D eigenvalue weighted by Gasteiger charge is 2.25. The van der Waals surface area contributed by atoms with Gasteiger partial charge in [-0.2, -0.15) is 25.3 Å². The topological polar surface area (TPSA) is 323 Å². The molecule has 0 radical (unpaired) electrons. The van der Waals surface area contributed by atoms with E-state index in [2.05, 4.69) is 25.8 Å². The lowest BCUT2D eigenvalue weighted by molar-refractivity contribution is 0.102. The molecule has 0 saturated heterocycles. The average molecular weight is 886 g/mol. The number of anilines is 1. The minimum atomic E-state index is -5.08. The van der Waals surface area contributed by atoms with Crippen LogP contribution in [0.2, 0.25) is 0 Å². The second kappa shape index (κ2) is 15.7. The summed E-state index contributed by atoms with van der Waals surface area (Å²) in [6, 6.07) is 25.1. The highest BCUT2D eigenvalue weighted by molar-refractivity contribution is 7.86. The van der Waals surface area contributed by atoms with Gasteiger partial charge in [-0.3, -0.25) is 18.5 Å². The molecule has 0 fully saturated rings. The molecule has 0 spiro atoms. The molecule has 0 bridgehead atoms. The van der Waals surface area contributed by atoms with Gasteiger partial charge in [0, 0.05) is 22.0 Å². The predicted octanol–water partition coefficient (Wildman–Crippen LogP) is 8.31. The molecule has 7 rings (SSSR count). The summed E-state index contributed by atoms with van der Waals surface area (Å²) in [5.74, 6) is -3.17. The van der Waals surface area contributed by atoms with E-state index in [-0.39, 0.29) is 38.6 Å². The van der Waals surface area contributed by atoms with E-state index in [0.717, 1.165) is 30.3 Å². The molecule has 61 heavy (non-hydrogen) atoms. The van der Waals surface area contributed by atoms with E-state index < -0.39 is 85.3 Å². The third kappa shape index (κ3) is 8.70. The number of phenols is 4. The Hall–Kier alpha value is -7.34. The van der Waals surface area contributed by atoms with Crippen molar-refractivity contribution in [3.05, 3.63) is 121 Å². The number of azo groups is 2. The van der Waals surface area contributed by atoms with Gasteiger partial charge in [0.1, 0.15) is 44.0 Å². The predicted molar refractivity (Wildman–Crippen MR) is 219 cm³/mol. The molecule has 0 aliphatic heterocycles. The smallest absolute Gasteiger partial charge is 0.298 e. The molecular formula is C39H27N5O14S3. The van der Waals surface area contributed by atoms with E-state index in [1.807, 2.05) is 0 Å². The van der Waals surface area contributed by atoms with Gasteiger partial charge in [-0.1, -0.05) is 36.4 Å². The van der Waals surface area contributed by atoms with Gasteiger partial charge in [0.2, 0.25) is 0 Å². The molecule has 8 N–H and O–H groups in total. The Balaban J connectivity index is 1.16. The summed E-state index contributed by atoms with van der Waals surface area (Å²) in [6.45, 7) is 0. The van der Waals surface area contributed by atoms with E-state index in [4.69, 9.17) is 0 Å². The number of amides is 1. The van der Waals surface area contributed by atoms with Crippen molar-refractivity contribution in [3.8, 4) is 34.1 Å². The summed E-state index contributed by atoms with van der Waals surface area (Å²) < 4.78 is 101. The molecule has 22 heteroatoms. The van der Waals surface area contributed by atoms with Gasteiger partial charge >= 0.3 is 0 Å². The first-order valence-corrected chi connectivity index (χ1v) is 21.4. The summed E-state index contributed by atoms with van der Waals surface area (Å²) in [5, 5.41) is 61.5. The van der Waals surface area contributed by atoms with Crippen molar-refractivity contribution in [1.82, 2.24) is 0 Å². The van der Waals surface area contributed by atoms with Crippen LogP contribution < -0.4 is 5.32 Å². The van der Waals surface area contributed by atoms with E-state index >= 15 is 0 Å². The number of hydrogen-bond acceptors (Lipinski definition) is 15. The number of nitrogens with zero attached hydrogens (tertiary/aromatic N) is 4. The lowest BCUT2D eigenvalue weighted by atomic mass is 10.0. The Labute approximate surface area is 344 Å². The van der Waals surface area contributed by atoms with Crippen LogP contribution in [0, 0.1) is 0 Å². The molecule has 0 unspecified atom stereocenters. The van der Waals surface area contributed by atoms with E-state index in [0.29, 0.717) is 16.7 Å². The minimum Gasteiger partial charge on any atom is -0.506 e. The van der Waals surface area contributed by atoms with Crippen molar-refractivity contribution >= 4 is 86.2 Å². The van der Waals surface area contributed by atoms with Crippen LogP contribution in [0.3, 0.4) is 0 Å². The first-order chi connectivity index (χ1) is 28.7. The van der Waals surface area contributed by atoms with Gasteiger partial charge < -0.3 is 25.7 Å². The molecule has 7 aromatic rings. The summed E-state index contributed by atoms with van der Waals surface area (Å²) in [6.07, 6.45) is 0. The van der Waals surface area contributed by atoms with Gasteiger partial charge in [0.15, 0.2) is 11.5 Å². The highest BCUT2D eigenvalue weighted by atomic mass is 32.2. The zero-order valence-corrected chi connectivity index (χ0v) is 32.9. The lowest BCUT2D eigenvalue weighted by Crippen LogP contribution is -2.11. The first kappa shape index (κ1) is 41.8. The van der Waals surface area contributed by atoms with Crippen LogP contribution in [0.15, 0.2) is 150 Å². The molecule has 19 nitrogen and oxygen atoms in total. The van der Waals surface area contributed by atoms with Crippen LogP contribution in [0.4, 0.5) is 28.4 Å². The Bertz CT molecular complexity index is 3380. The Morgan fingerprint density at radius 1 is 0.492 bits per heavy atom.